The number of nitrogens with one attached hydrogen (secondary N) is 1. The number of aryl methyl sites for hydroxylation is 1. The minimum Gasteiger partial charge on any atom is -0.337 e. The predicted molar refractivity (Wildman–Crippen MR) is 104 cm³/mol. The number of aromatic nitrogens is 2. The van der Waals surface area contributed by atoms with Crippen LogP contribution in [0.4, 0.5) is 0 Å². The first-order valence-electron chi connectivity index (χ1n) is 8.52. The molecule has 0 bridgehead atoms. The Bertz CT molecular complexity index is 796. The van der Waals surface area contributed by atoms with Gasteiger partial charge in [-0.2, -0.15) is 17.0 Å². The fraction of sp³-hybridized carbons (Fsp3) is 0.471. The summed E-state index contributed by atoms with van der Waals surface area (Å²) in [6.45, 7) is 4.31. The maximum absolute atomic E-state index is 13.3. The number of halogens is 1. The molecule has 1 aromatic carbocycles. The molecule has 1 N–H and O–H groups in total. The first-order chi connectivity index (χ1) is 12.0. The highest BCUT2D eigenvalue weighted by molar-refractivity contribution is 7.86. The Kier molecular flexibility index (Phi) is 7.19. The smallest absolute Gasteiger partial charge is 0.283 e. The van der Waals surface area contributed by atoms with Crippen LogP contribution in [-0.4, -0.2) is 52.8 Å². The van der Waals surface area contributed by atoms with Crippen molar-refractivity contribution in [2.45, 2.75) is 19.5 Å². The number of hydrogen-bond acceptors (Lipinski definition) is 4. The number of piperazine rings is 1. The SMILES string of the molecule is CCN(Cc1ccccc1)S(=O)(=O)N1CCNCC1c1nccn1C.Cl. The summed E-state index contributed by atoms with van der Waals surface area (Å²) in [6.07, 6.45) is 3.55. The number of imidazole rings is 1. The van der Waals surface area contributed by atoms with Crippen molar-refractivity contribution in [3.63, 3.8) is 0 Å². The van der Waals surface area contributed by atoms with Crippen LogP contribution < -0.4 is 5.32 Å². The molecule has 0 saturated carbocycles. The Balaban J connectivity index is 0.00000243. The Morgan fingerprint density at radius 1 is 1.31 bits per heavy atom. The molecule has 1 saturated heterocycles. The maximum atomic E-state index is 13.3. The number of nitrogens with zero attached hydrogens (tertiary/aromatic N) is 4. The Morgan fingerprint density at radius 3 is 2.65 bits per heavy atom. The van der Waals surface area contributed by atoms with Crippen molar-refractivity contribution in [3.05, 3.63) is 54.1 Å². The topological polar surface area (TPSA) is 70.5 Å². The van der Waals surface area contributed by atoms with E-state index in [2.05, 4.69) is 10.3 Å². The van der Waals surface area contributed by atoms with Gasteiger partial charge < -0.3 is 9.88 Å². The lowest BCUT2D eigenvalue weighted by molar-refractivity contribution is 0.236. The molecule has 0 spiro atoms. The predicted octanol–water partition coefficient (Wildman–Crippen LogP) is 1.56. The van der Waals surface area contributed by atoms with Gasteiger partial charge in [0.2, 0.25) is 0 Å². The van der Waals surface area contributed by atoms with E-state index in [4.69, 9.17) is 0 Å². The zero-order valence-electron chi connectivity index (χ0n) is 15.1. The molecule has 144 valence electrons. The zero-order chi connectivity index (χ0) is 17.9. The van der Waals surface area contributed by atoms with Crippen molar-refractivity contribution in [2.24, 2.45) is 7.05 Å². The normalized spacial score (nSPS) is 18.7. The summed E-state index contributed by atoms with van der Waals surface area (Å²) >= 11 is 0. The van der Waals surface area contributed by atoms with E-state index in [0.29, 0.717) is 32.7 Å². The first kappa shape index (κ1) is 20.9. The maximum Gasteiger partial charge on any atom is 0.283 e. The van der Waals surface area contributed by atoms with Crippen molar-refractivity contribution in [1.82, 2.24) is 23.5 Å². The van der Waals surface area contributed by atoms with E-state index < -0.39 is 10.2 Å². The van der Waals surface area contributed by atoms with Crippen molar-refractivity contribution in [1.29, 1.82) is 0 Å². The van der Waals surface area contributed by atoms with Gasteiger partial charge in [0, 0.05) is 52.2 Å². The fourth-order valence-corrected chi connectivity index (χ4v) is 4.92. The minimum atomic E-state index is -3.59. The molecule has 1 aromatic heterocycles. The highest BCUT2D eigenvalue weighted by Crippen LogP contribution is 2.26. The molecule has 1 unspecified atom stereocenters. The van der Waals surface area contributed by atoms with Gasteiger partial charge >= 0.3 is 0 Å². The van der Waals surface area contributed by atoms with E-state index in [-0.39, 0.29) is 18.4 Å². The Labute approximate surface area is 161 Å². The van der Waals surface area contributed by atoms with E-state index >= 15 is 0 Å². The summed E-state index contributed by atoms with van der Waals surface area (Å²) in [6, 6.07) is 9.39. The number of benzene rings is 1. The summed E-state index contributed by atoms with van der Waals surface area (Å²) in [5.74, 6) is 0.756. The largest absolute Gasteiger partial charge is 0.337 e. The molecule has 1 aliphatic heterocycles. The average molecular weight is 400 g/mol. The molecule has 2 aromatic rings. The van der Waals surface area contributed by atoms with Crippen LogP contribution in [0.15, 0.2) is 42.7 Å². The molecule has 26 heavy (non-hydrogen) atoms. The Morgan fingerprint density at radius 2 is 2.04 bits per heavy atom. The van der Waals surface area contributed by atoms with Crippen LogP contribution in [0.1, 0.15) is 24.4 Å². The second kappa shape index (κ2) is 8.96. The standard InChI is InChI=1S/C17H25N5O2S.ClH/c1-3-21(14-15-7-5-4-6-8-15)25(23,24)22-12-9-18-13-16(22)17-19-10-11-20(17)2;/h4-8,10-11,16,18H,3,9,12-14H2,1-2H3;1H. The minimum absolute atomic E-state index is 0. The number of hydrogen-bond donors (Lipinski definition) is 1. The van der Waals surface area contributed by atoms with Crippen molar-refractivity contribution >= 4 is 22.6 Å². The highest BCUT2D eigenvalue weighted by Gasteiger charge is 2.38. The molecule has 7 nitrogen and oxygen atoms in total. The third-order valence-electron chi connectivity index (χ3n) is 4.53. The first-order valence-corrected chi connectivity index (χ1v) is 9.92. The van der Waals surface area contributed by atoms with Crippen molar-refractivity contribution < 1.29 is 8.42 Å². The third kappa shape index (κ3) is 4.27. The molecule has 0 aliphatic carbocycles. The van der Waals surface area contributed by atoms with Crippen LogP contribution in [0.3, 0.4) is 0 Å². The van der Waals surface area contributed by atoms with Gasteiger partial charge in [-0.3, -0.25) is 0 Å². The fourth-order valence-electron chi connectivity index (χ4n) is 3.17. The van der Waals surface area contributed by atoms with Crippen LogP contribution in [0.2, 0.25) is 0 Å². The van der Waals surface area contributed by atoms with Gasteiger partial charge in [-0.25, -0.2) is 4.98 Å². The lowest BCUT2D eigenvalue weighted by Crippen LogP contribution is -2.53. The monoisotopic (exact) mass is 399 g/mol. The van der Waals surface area contributed by atoms with Crippen LogP contribution in [0, 0.1) is 0 Å². The van der Waals surface area contributed by atoms with Gasteiger partial charge in [0.25, 0.3) is 10.2 Å². The third-order valence-corrected chi connectivity index (χ3v) is 6.60. The summed E-state index contributed by atoms with van der Waals surface area (Å²) in [5.41, 5.74) is 0.983. The zero-order valence-corrected chi connectivity index (χ0v) is 16.7. The summed E-state index contributed by atoms with van der Waals surface area (Å²) in [5, 5.41) is 3.28. The second-order valence-electron chi connectivity index (χ2n) is 6.15. The molecular weight excluding hydrogens is 374 g/mol. The molecule has 1 atom stereocenters. The van der Waals surface area contributed by atoms with Crippen molar-refractivity contribution in [2.75, 3.05) is 26.2 Å². The lowest BCUT2D eigenvalue weighted by Gasteiger charge is -2.37. The van der Waals surface area contributed by atoms with E-state index in [9.17, 15) is 8.42 Å². The quantitative estimate of drug-likeness (QED) is 0.800. The van der Waals surface area contributed by atoms with Crippen molar-refractivity contribution in [3.8, 4) is 0 Å². The average Bonchev–Trinajstić information content (AvgIpc) is 3.06. The second-order valence-corrected chi connectivity index (χ2v) is 8.03. The molecule has 2 heterocycles. The Hall–Kier alpha value is -1.45. The van der Waals surface area contributed by atoms with Gasteiger partial charge in [0.1, 0.15) is 5.82 Å². The lowest BCUT2D eigenvalue weighted by atomic mass is 10.2. The molecule has 3 rings (SSSR count). The van der Waals surface area contributed by atoms with Gasteiger partial charge in [-0.05, 0) is 5.56 Å². The van der Waals surface area contributed by atoms with Gasteiger partial charge in [0.05, 0.1) is 6.04 Å². The van der Waals surface area contributed by atoms with E-state index in [1.165, 1.54) is 4.31 Å². The summed E-state index contributed by atoms with van der Waals surface area (Å²) in [4.78, 5) is 4.37. The molecule has 9 heteroatoms. The molecule has 1 aliphatic rings. The molecule has 0 radical (unpaired) electrons. The van der Waals surface area contributed by atoms with Gasteiger partial charge in [-0.1, -0.05) is 37.3 Å². The van der Waals surface area contributed by atoms with Crippen LogP contribution >= 0.6 is 12.4 Å². The van der Waals surface area contributed by atoms with E-state index in [1.807, 2.05) is 55.1 Å². The van der Waals surface area contributed by atoms with E-state index in [0.717, 1.165) is 11.4 Å². The molecule has 1 fully saturated rings. The van der Waals surface area contributed by atoms with Gasteiger partial charge in [-0.15, -0.1) is 12.4 Å². The number of rotatable bonds is 6. The van der Waals surface area contributed by atoms with Crippen LogP contribution in [-0.2, 0) is 23.8 Å². The van der Waals surface area contributed by atoms with Gasteiger partial charge in [0.15, 0.2) is 0 Å². The summed E-state index contributed by atoms with van der Waals surface area (Å²) < 4.78 is 31.6. The van der Waals surface area contributed by atoms with Crippen LogP contribution in [0.5, 0.6) is 0 Å². The molecule has 0 amide bonds. The van der Waals surface area contributed by atoms with E-state index in [1.54, 1.807) is 10.5 Å². The van der Waals surface area contributed by atoms with Crippen LogP contribution in [0.25, 0.3) is 0 Å². The highest BCUT2D eigenvalue weighted by atomic mass is 35.5. The molecular formula is C17H26ClN5O2S. The summed E-state index contributed by atoms with van der Waals surface area (Å²) in [7, 11) is -1.70.